The normalized spacial score (nSPS) is 41.2. The highest BCUT2D eigenvalue weighted by Gasteiger charge is 2.59. The first-order chi connectivity index (χ1) is 16.1. The standard InChI is InChI=1S/C31H51BrO2/c1-7-28(32)29(33)34-23-15-17-30(5)22(19-23)11-12-24-26-14-13-25(21(4)10-8-9-20(2)3)31(26,6)18-16-27(24)30/h11,20-21,23-28H,7-10,12-19H2,1-6H3/t21-,23-,24-,25+,26-,27-,28-,30-,31+/m0/s1. The van der Waals surface area contributed by atoms with Crippen molar-refractivity contribution in [1.82, 2.24) is 0 Å². The number of ether oxygens (including phenoxy) is 1. The van der Waals surface area contributed by atoms with Crippen LogP contribution in [0.5, 0.6) is 0 Å². The maximum absolute atomic E-state index is 12.4. The number of fused-ring (bicyclic) bond motifs is 5. The lowest BCUT2D eigenvalue weighted by atomic mass is 9.47. The van der Waals surface area contributed by atoms with Crippen molar-refractivity contribution in [2.45, 2.75) is 130 Å². The molecule has 0 N–H and O–H groups in total. The molecule has 0 radical (unpaired) electrons. The van der Waals surface area contributed by atoms with Crippen molar-refractivity contribution in [2.24, 2.45) is 46.3 Å². The summed E-state index contributed by atoms with van der Waals surface area (Å²) in [6.45, 7) is 14.6. The molecular weight excluding hydrogens is 484 g/mol. The van der Waals surface area contributed by atoms with Gasteiger partial charge in [-0.15, -0.1) is 0 Å². The molecule has 0 aliphatic heterocycles. The lowest BCUT2D eigenvalue weighted by Crippen LogP contribution is -2.51. The van der Waals surface area contributed by atoms with Gasteiger partial charge in [0.25, 0.3) is 0 Å². The van der Waals surface area contributed by atoms with E-state index >= 15 is 0 Å². The predicted octanol–water partition coefficient (Wildman–Crippen LogP) is 9.11. The van der Waals surface area contributed by atoms with Crippen LogP contribution in [0.1, 0.15) is 119 Å². The molecule has 34 heavy (non-hydrogen) atoms. The second-order valence-corrected chi connectivity index (χ2v) is 14.6. The van der Waals surface area contributed by atoms with E-state index in [1.165, 1.54) is 57.8 Å². The number of carbonyl (C=O) groups is 1. The molecule has 3 heteroatoms. The minimum atomic E-state index is -0.162. The molecule has 3 fully saturated rings. The fourth-order valence-corrected chi connectivity index (χ4v) is 9.27. The van der Waals surface area contributed by atoms with Gasteiger partial charge < -0.3 is 4.74 Å². The molecule has 0 bridgehead atoms. The van der Waals surface area contributed by atoms with Crippen LogP contribution in [0.2, 0.25) is 0 Å². The van der Waals surface area contributed by atoms with Gasteiger partial charge in [-0.3, -0.25) is 4.79 Å². The zero-order valence-electron chi connectivity index (χ0n) is 22.9. The van der Waals surface area contributed by atoms with Crippen molar-refractivity contribution in [2.75, 3.05) is 0 Å². The van der Waals surface area contributed by atoms with Gasteiger partial charge >= 0.3 is 5.97 Å². The molecule has 0 aromatic carbocycles. The zero-order chi connectivity index (χ0) is 24.7. The van der Waals surface area contributed by atoms with E-state index in [1.54, 1.807) is 5.57 Å². The van der Waals surface area contributed by atoms with Crippen LogP contribution >= 0.6 is 15.9 Å². The minimum Gasteiger partial charge on any atom is -0.461 e. The highest BCUT2D eigenvalue weighted by molar-refractivity contribution is 9.10. The molecule has 0 heterocycles. The molecule has 4 aliphatic carbocycles. The first-order valence-electron chi connectivity index (χ1n) is 14.6. The van der Waals surface area contributed by atoms with E-state index in [2.05, 4.69) is 56.6 Å². The molecule has 0 unspecified atom stereocenters. The Morgan fingerprint density at radius 1 is 1.09 bits per heavy atom. The van der Waals surface area contributed by atoms with Crippen LogP contribution in [-0.2, 0) is 9.53 Å². The second kappa shape index (κ2) is 10.6. The van der Waals surface area contributed by atoms with E-state index in [4.69, 9.17) is 4.74 Å². The van der Waals surface area contributed by atoms with E-state index in [-0.39, 0.29) is 16.9 Å². The fourth-order valence-electron chi connectivity index (χ4n) is 9.16. The van der Waals surface area contributed by atoms with Gasteiger partial charge in [-0.25, -0.2) is 0 Å². The monoisotopic (exact) mass is 534 g/mol. The highest BCUT2D eigenvalue weighted by atomic mass is 79.9. The SMILES string of the molecule is CC[C@H](Br)C(=O)O[C@H]1CC[C@@]2(C)C(=CC[C@H]3[C@@H]4CC[C@H]([C@@H](C)CCCC(C)C)[C@@]4(C)CC[C@@H]32)C1. The summed E-state index contributed by atoms with van der Waals surface area (Å²) >= 11 is 3.47. The summed E-state index contributed by atoms with van der Waals surface area (Å²) in [6, 6.07) is 0. The molecule has 3 saturated carbocycles. The molecule has 0 aromatic heterocycles. The quantitative estimate of drug-likeness (QED) is 0.176. The molecule has 4 aliphatic rings. The van der Waals surface area contributed by atoms with Crippen molar-refractivity contribution in [3.8, 4) is 0 Å². The van der Waals surface area contributed by atoms with Gasteiger partial charge in [0.05, 0.1) is 0 Å². The average Bonchev–Trinajstić information content (AvgIpc) is 3.15. The Balaban J connectivity index is 1.43. The van der Waals surface area contributed by atoms with Crippen molar-refractivity contribution >= 4 is 21.9 Å². The third-order valence-corrected chi connectivity index (χ3v) is 12.2. The van der Waals surface area contributed by atoms with Gasteiger partial charge in [-0.05, 0) is 97.7 Å². The topological polar surface area (TPSA) is 26.3 Å². The lowest BCUT2D eigenvalue weighted by molar-refractivity contribution is -0.150. The predicted molar refractivity (Wildman–Crippen MR) is 146 cm³/mol. The molecular formula is C31H51BrO2. The Labute approximate surface area is 218 Å². The number of hydrogen-bond acceptors (Lipinski definition) is 2. The van der Waals surface area contributed by atoms with Crippen LogP contribution in [0.15, 0.2) is 11.6 Å². The Bertz CT molecular complexity index is 759. The van der Waals surface area contributed by atoms with Crippen molar-refractivity contribution < 1.29 is 9.53 Å². The maximum atomic E-state index is 12.4. The third-order valence-electron chi connectivity index (χ3n) is 11.2. The summed E-state index contributed by atoms with van der Waals surface area (Å²) in [6.07, 6.45) is 17.9. The number of carbonyl (C=O) groups excluding carboxylic acids is 1. The number of halogens is 1. The molecule has 0 saturated heterocycles. The van der Waals surface area contributed by atoms with Crippen LogP contribution in [0.25, 0.3) is 0 Å². The van der Waals surface area contributed by atoms with E-state index in [0.29, 0.717) is 10.8 Å². The Hall–Kier alpha value is -0.310. The van der Waals surface area contributed by atoms with Gasteiger partial charge in [0.1, 0.15) is 10.9 Å². The van der Waals surface area contributed by atoms with Gasteiger partial charge in [0.2, 0.25) is 0 Å². The first-order valence-corrected chi connectivity index (χ1v) is 15.6. The lowest BCUT2D eigenvalue weighted by Gasteiger charge is -2.58. The van der Waals surface area contributed by atoms with Crippen LogP contribution in [0, 0.1) is 46.3 Å². The fraction of sp³-hybridized carbons (Fsp3) is 0.903. The molecule has 0 amide bonds. The Kier molecular flexibility index (Phi) is 8.33. The van der Waals surface area contributed by atoms with E-state index in [9.17, 15) is 4.79 Å². The second-order valence-electron chi connectivity index (χ2n) is 13.5. The molecule has 194 valence electrons. The number of alkyl halides is 1. The largest absolute Gasteiger partial charge is 0.461 e. The number of hydrogen-bond donors (Lipinski definition) is 0. The molecule has 9 atom stereocenters. The van der Waals surface area contributed by atoms with Gasteiger partial charge in [0, 0.05) is 6.42 Å². The van der Waals surface area contributed by atoms with Gasteiger partial charge in [-0.2, -0.15) is 0 Å². The number of allylic oxidation sites excluding steroid dienone is 1. The number of rotatable bonds is 8. The molecule has 0 aromatic rings. The van der Waals surface area contributed by atoms with Crippen molar-refractivity contribution in [3.63, 3.8) is 0 Å². The van der Waals surface area contributed by atoms with E-state index < -0.39 is 0 Å². The summed E-state index contributed by atoms with van der Waals surface area (Å²) in [5, 5.41) is 0. The summed E-state index contributed by atoms with van der Waals surface area (Å²) in [7, 11) is 0. The van der Waals surface area contributed by atoms with Crippen LogP contribution in [0.3, 0.4) is 0 Å². The summed E-state index contributed by atoms with van der Waals surface area (Å²) in [4.78, 5) is 12.2. The van der Waals surface area contributed by atoms with E-state index in [1.807, 2.05) is 6.92 Å². The summed E-state index contributed by atoms with van der Waals surface area (Å²) < 4.78 is 5.92. The molecule has 4 rings (SSSR count). The minimum absolute atomic E-state index is 0.0710. The summed E-state index contributed by atoms with van der Waals surface area (Å²) in [5.74, 6) is 5.18. The number of esters is 1. The average molecular weight is 536 g/mol. The smallest absolute Gasteiger partial charge is 0.319 e. The Morgan fingerprint density at radius 2 is 1.85 bits per heavy atom. The summed E-state index contributed by atoms with van der Waals surface area (Å²) in [5.41, 5.74) is 2.49. The van der Waals surface area contributed by atoms with Crippen LogP contribution < -0.4 is 0 Å². The maximum Gasteiger partial charge on any atom is 0.319 e. The first kappa shape index (κ1) is 26.7. The van der Waals surface area contributed by atoms with Gasteiger partial charge in [-0.1, -0.05) is 88.4 Å². The zero-order valence-corrected chi connectivity index (χ0v) is 24.5. The molecule has 0 spiro atoms. The van der Waals surface area contributed by atoms with Crippen LogP contribution in [-0.4, -0.2) is 16.9 Å². The van der Waals surface area contributed by atoms with Gasteiger partial charge in [0.15, 0.2) is 0 Å². The Morgan fingerprint density at radius 3 is 2.56 bits per heavy atom. The van der Waals surface area contributed by atoms with Crippen LogP contribution in [0.4, 0.5) is 0 Å². The van der Waals surface area contributed by atoms with Crippen molar-refractivity contribution in [3.05, 3.63) is 11.6 Å². The molecule has 2 nitrogen and oxygen atoms in total. The van der Waals surface area contributed by atoms with Crippen molar-refractivity contribution in [1.29, 1.82) is 0 Å². The van der Waals surface area contributed by atoms with E-state index in [0.717, 1.165) is 54.8 Å². The highest BCUT2D eigenvalue weighted by Crippen LogP contribution is 2.67. The third kappa shape index (κ3) is 4.95.